The van der Waals surface area contributed by atoms with Gasteiger partial charge < -0.3 is 15.5 Å². The molecule has 1 aliphatic carbocycles. The number of phenolic OH excluding ortho intramolecular Hbond substituents is 1. The molecule has 0 amide bonds. The zero-order chi connectivity index (χ0) is 11.4. The van der Waals surface area contributed by atoms with Gasteiger partial charge in [0, 0.05) is 12.6 Å². The predicted octanol–water partition coefficient (Wildman–Crippen LogP) is 1.74. The average Bonchev–Trinajstić information content (AvgIpc) is 2.70. The van der Waals surface area contributed by atoms with Crippen LogP contribution in [0.4, 0.5) is 0 Å². The molecule has 0 radical (unpaired) electrons. The first-order chi connectivity index (χ1) is 7.83. The molecule has 0 spiro atoms. The van der Waals surface area contributed by atoms with Crippen LogP contribution in [-0.4, -0.2) is 23.4 Å². The molecule has 0 bridgehead atoms. The third-order valence-electron chi connectivity index (χ3n) is 3.22. The molecule has 0 heterocycles. The largest absolute Gasteiger partial charge is 0.508 e. The van der Waals surface area contributed by atoms with Crippen LogP contribution in [-0.2, 0) is 6.42 Å². The van der Waals surface area contributed by atoms with E-state index in [2.05, 4.69) is 11.4 Å². The third-order valence-corrected chi connectivity index (χ3v) is 3.22. The number of phenols is 1. The van der Waals surface area contributed by atoms with E-state index in [-0.39, 0.29) is 6.61 Å². The first-order valence-electron chi connectivity index (χ1n) is 5.98. The van der Waals surface area contributed by atoms with Crippen molar-refractivity contribution in [1.29, 1.82) is 0 Å². The SMILES string of the molecule is OCCCCNC1CCc2c(O)cccc21. The molecule has 16 heavy (non-hydrogen) atoms. The molecule has 0 saturated heterocycles. The number of rotatable bonds is 5. The Morgan fingerprint density at radius 1 is 1.31 bits per heavy atom. The molecule has 3 nitrogen and oxygen atoms in total. The predicted molar refractivity (Wildman–Crippen MR) is 63.5 cm³/mol. The highest BCUT2D eigenvalue weighted by atomic mass is 16.3. The topological polar surface area (TPSA) is 52.5 Å². The number of aliphatic hydroxyl groups excluding tert-OH is 1. The van der Waals surface area contributed by atoms with Gasteiger partial charge >= 0.3 is 0 Å². The lowest BCUT2D eigenvalue weighted by molar-refractivity contribution is 0.282. The van der Waals surface area contributed by atoms with E-state index in [1.165, 1.54) is 5.56 Å². The van der Waals surface area contributed by atoms with Gasteiger partial charge in [-0.3, -0.25) is 0 Å². The van der Waals surface area contributed by atoms with Crippen molar-refractivity contribution < 1.29 is 10.2 Å². The minimum absolute atomic E-state index is 0.268. The van der Waals surface area contributed by atoms with E-state index in [1.807, 2.05) is 6.07 Å². The number of benzene rings is 1. The summed E-state index contributed by atoms with van der Waals surface area (Å²) in [5.74, 6) is 0.428. The number of fused-ring (bicyclic) bond motifs is 1. The smallest absolute Gasteiger partial charge is 0.119 e. The van der Waals surface area contributed by atoms with Gasteiger partial charge in [0.05, 0.1) is 0 Å². The maximum Gasteiger partial charge on any atom is 0.119 e. The van der Waals surface area contributed by atoms with Crippen LogP contribution in [0.2, 0.25) is 0 Å². The lowest BCUT2D eigenvalue weighted by atomic mass is 10.1. The van der Waals surface area contributed by atoms with Crippen molar-refractivity contribution in [3.63, 3.8) is 0 Å². The van der Waals surface area contributed by atoms with Gasteiger partial charge in [0.1, 0.15) is 5.75 Å². The van der Waals surface area contributed by atoms with Crippen molar-refractivity contribution in [1.82, 2.24) is 5.32 Å². The van der Waals surface area contributed by atoms with Gasteiger partial charge in [-0.05, 0) is 49.4 Å². The zero-order valence-electron chi connectivity index (χ0n) is 9.45. The highest BCUT2D eigenvalue weighted by Crippen LogP contribution is 2.36. The molecule has 88 valence electrons. The summed E-state index contributed by atoms with van der Waals surface area (Å²) in [5.41, 5.74) is 2.34. The molecule has 0 saturated carbocycles. The fourth-order valence-electron chi connectivity index (χ4n) is 2.36. The average molecular weight is 221 g/mol. The zero-order valence-corrected chi connectivity index (χ0v) is 9.45. The maximum absolute atomic E-state index is 9.70. The van der Waals surface area contributed by atoms with Crippen LogP contribution < -0.4 is 5.32 Å². The number of aromatic hydroxyl groups is 1. The van der Waals surface area contributed by atoms with Gasteiger partial charge in [-0.1, -0.05) is 12.1 Å². The molecule has 1 aromatic carbocycles. The maximum atomic E-state index is 9.70. The van der Waals surface area contributed by atoms with Crippen molar-refractivity contribution in [2.24, 2.45) is 0 Å². The van der Waals surface area contributed by atoms with Crippen LogP contribution in [0.25, 0.3) is 0 Å². The molecule has 0 fully saturated rings. The van der Waals surface area contributed by atoms with Crippen molar-refractivity contribution in [2.75, 3.05) is 13.2 Å². The summed E-state index contributed by atoms with van der Waals surface area (Å²) < 4.78 is 0. The second-order valence-corrected chi connectivity index (χ2v) is 4.32. The first kappa shape index (κ1) is 11.4. The highest BCUT2D eigenvalue weighted by molar-refractivity contribution is 5.44. The molecular weight excluding hydrogens is 202 g/mol. The monoisotopic (exact) mass is 221 g/mol. The Kier molecular flexibility index (Phi) is 3.80. The second-order valence-electron chi connectivity index (χ2n) is 4.32. The molecule has 0 aliphatic heterocycles. The minimum Gasteiger partial charge on any atom is -0.508 e. The standard InChI is InChI=1S/C13H19NO2/c15-9-2-1-8-14-12-7-6-11-10(12)4-3-5-13(11)16/h3-5,12,14-16H,1-2,6-9H2. The molecule has 2 rings (SSSR count). The van der Waals surface area contributed by atoms with Crippen molar-refractivity contribution in [3.8, 4) is 5.75 Å². The Balaban J connectivity index is 1.93. The Hall–Kier alpha value is -1.06. The van der Waals surface area contributed by atoms with Gasteiger partial charge in [-0.25, -0.2) is 0 Å². The quantitative estimate of drug-likeness (QED) is 0.664. The molecule has 1 unspecified atom stereocenters. The summed E-state index contributed by atoms with van der Waals surface area (Å²) in [7, 11) is 0. The Morgan fingerprint density at radius 3 is 3.00 bits per heavy atom. The number of hydrogen-bond acceptors (Lipinski definition) is 3. The third kappa shape index (κ3) is 2.36. The molecule has 1 aliphatic rings. The van der Waals surface area contributed by atoms with E-state index in [0.717, 1.165) is 37.8 Å². The normalized spacial score (nSPS) is 18.7. The van der Waals surface area contributed by atoms with Gasteiger partial charge in [0.15, 0.2) is 0 Å². The van der Waals surface area contributed by atoms with E-state index in [4.69, 9.17) is 5.11 Å². The van der Waals surface area contributed by atoms with E-state index >= 15 is 0 Å². The molecule has 1 aromatic rings. The van der Waals surface area contributed by atoms with Crippen LogP contribution in [0, 0.1) is 0 Å². The van der Waals surface area contributed by atoms with Gasteiger partial charge in [0.2, 0.25) is 0 Å². The number of aliphatic hydroxyl groups is 1. The van der Waals surface area contributed by atoms with Gasteiger partial charge in [0.25, 0.3) is 0 Å². The van der Waals surface area contributed by atoms with E-state index in [0.29, 0.717) is 11.8 Å². The minimum atomic E-state index is 0.268. The summed E-state index contributed by atoms with van der Waals surface area (Å²) in [6.07, 6.45) is 3.87. The van der Waals surface area contributed by atoms with Crippen molar-refractivity contribution in [3.05, 3.63) is 29.3 Å². The van der Waals surface area contributed by atoms with Gasteiger partial charge in [-0.15, -0.1) is 0 Å². The summed E-state index contributed by atoms with van der Waals surface area (Å²) in [4.78, 5) is 0. The van der Waals surface area contributed by atoms with Crippen molar-refractivity contribution in [2.45, 2.75) is 31.7 Å². The Labute approximate surface area is 96.1 Å². The summed E-state index contributed by atoms with van der Waals surface area (Å²) in [6, 6.07) is 6.13. The van der Waals surface area contributed by atoms with Crippen LogP contribution in [0.1, 0.15) is 36.4 Å². The fourth-order valence-corrected chi connectivity index (χ4v) is 2.36. The molecule has 3 heteroatoms. The lowest BCUT2D eigenvalue weighted by Crippen LogP contribution is -2.20. The fraction of sp³-hybridized carbons (Fsp3) is 0.538. The van der Waals surface area contributed by atoms with Gasteiger partial charge in [-0.2, -0.15) is 0 Å². The molecule has 1 atom stereocenters. The summed E-state index contributed by atoms with van der Waals surface area (Å²) >= 11 is 0. The number of unbranched alkanes of at least 4 members (excludes halogenated alkanes) is 1. The number of nitrogens with one attached hydrogen (secondary N) is 1. The first-order valence-corrected chi connectivity index (χ1v) is 5.98. The van der Waals surface area contributed by atoms with E-state index in [9.17, 15) is 5.11 Å². The summed E-state index contributed by atoms with van der Waals surface area (Å²) in [5, 5.41) is 21.9. The van der Waals surface area contributed by atoms with Crippen LogP contribution in [0.15, 0.2) is 18.2 Å². The van der Waals surface area contributed by atoms with Crippen LogP contribution >= 0.6 is 0 Å². The molecule has 3 N–H and O–H groups in total. The van der Waals surface area contributed by atoms with Crippen molar-refractivity contribution >= 4 is 0 Å². The van der Waals surface area contributed by atoms with E-state index < -0.39 is 0 Å². The second kappa shape index (κ2) is 5.32. The molecule has 0 aromatic heterocycles. The summed E-state index contributed by atoms with van der Waals surface area (Å²) in [6.45, 7) is 1.20. The van der Waals surface area contributed by atoms with E-state index in [1.54, 1.807) is 6.07 Å². The Morgan fingerprint density at radius 2 is 2.19 bits per heavy atom. The van der Waals surface area contributed by atoms with Crippen LogP contribution in [0.3, 0.4) is 0 Å². The Bertz CT molecular complexity index is 352. The number of hydrogen-bond donors (Lipinski definition) is 3. The highest BCUT2D eigenvalue weighted by Gasteiger charge is 2.23. The lowest BCUT2D eigenvalue weighted by Gasteiger charge is -2.13. The molecular formula is C13H19NO2. The van der Waals surface area contributed by atoms with Crippen LogP contribution in [0.5, 0.6) is 5.75 Å².